The van der Waals surface area contributed by atoms with E-state index in [9.17, 15) is 9.59 Å². The Bertz CT molecular complexity index is 615. The van der Waals surface area contributed by atoms with Crippen molar-refractivity contribution in [3.05, 3.63) is 35.9 Å². The van der Waals surface area contributed by atoms with Crippen LogP contribution in [0.2, 0.25) is 0 Å². The van der Waals surface area contributed by atoms with Gasteiger partial charge >= 0.3 is 0 Å². The highest BCUT2D eigenvalue weighted by Gasteiger charge is 2.37. The van der Waals surface area contributed by atoms with Gasteiger partial charge in [0.05, 0.1) is 12.5 Å². The Balaban J connectivity index is 0.00000261. The molecule has 2 amide bonds. The van der Waals surface area contributed by atoms with Crippen molar-refractivity contribution in [1.29, 1.82) is 0 Å². The zero-order valence-corrected chi connectivity index (χ0v) is 16.7. The first kappa shape index (κ1) is 21.7. The third-order valence-electron chi connectivity index (χ3n) is 5.55. The maximum atomic E-state index is 12.6. The first-order valence-electron chi connectivity index (χ1n) is 9.41. The predicted octanol–water partition coefficient (Wildman–Crippen LogP) is 1.59. The van der Waals surface area contributed by atoms with Gasteiger partial charge in [0.25, 0.3) is 0 Å². The van der Waals surface area contributed by atoms with Crippen LogP contribution in [-0.4, -0.2) is 56.6 Å². The van der Waals surface area contributed by atoms with Gasteiger partial charge < -0.3 is 20.3 Å². The number of likely N-dealkylation sites (tertiary alicyclic amines) is 1. The molecule has 2 heterocycles. The summed E-state index contributed by atoms with van der Waals surface area (Å²) in [6.45, 7) is 4.24. The fourth-order valence-corrected chi connectivity index (χ4v) is 3.96. The lowest BCUT2D eigenvalue weighted by molar-refractivity contribution is -0.129. The summed E-state index contributed by atoms with van der Waals surface area (Å²) in [7, 11) is 1.71. The minimum Gasteiger partial charge on any atom is -0.384 e. The van der Waals surface area contributed by atoms with E-state index in [0.717, 1.165) is 31.5 Å². The van der Waals surface area contributed by atoms with Crippen LogP contribution in [0.3, 0.4) is 0 Å². The topological polar surface area (TPSA) is 70.7 Å². The predicted molar refractivity (Wildman–Crippen MR) is 107 cm³/mol. The van der Waals surface area contributed by atoms with E-state index < -0.39 is 0 Å². The molecule has 7 heteroatoms. The Kier molecular flexibility index (Phi) is 8.07. The number of carbonyl (C=O) groups excluding carboxylic acids is 2. The van der Waals surface area contributed by atoms with Crippen LogP contribution in [0.1, 0.15) is 24.8 Å². The molecular weight excluding hydrogens is 366 g/mol. The van der Waals surface area contributed by atoms with Gasteiger partial charge in [0.2, 0.25) is 11.8 Å². The van der Waals surface area contributed by atoms with Crippen LogP contribution in [0, 0.1) is 11.3 Å². The average molecular weight is 396 g/mol. The van der Waals surface area contributed by atoms with Crippen molar-refractivity contribution >= 4 is 24.2 Å². The van der Waals surface area contributed by atoms with Crippen LogP contribution >= 0.6 is 12.4 Å². The Labute approximate surface area is 167 Å². The average Bonchev–Trinajstić information content (AvgIpc) is 3.02. The number of piperidine rings is 1. The van der Waals surface area contributed by atoms with Gasteiger partial charge in [0.1, 0.15) is 0 Å². The molecule has 1 atom stereocenters. The lowest BCUT2D eigenvalue weighted by atomic mass is 9.79. The van der Waals surface area contributed by atoms with Gasteiger partial charge in [0.15, 0.2) is 0 Å². The fraction of sp³-hybridized carbons (Fsp3) is 0.600. The summed E-state index contributed by atoms with van der Waals surface area (Å²) < 4.78 is 5.40. The molecule has 0 bridgehead atoms. The molecule has 0 spiro atoms. The molecule has 0 aromatic heterocycles. The highest BCUT2D eigenvalue weighted by atomic mass is 35.5. The van der Waals surface area contributed by atoms with Gasteiger partial charge in [-0.3, -0.25) is 9.59 Å². The first-order chi connectivity index (χ1) is 12.6. The van der Waals surface area contributed by atoms with Crippen molar-refractivity contribution in [1.82, 2.24) is 15.5 Å². The Hall–Kier alpha value is -1.63. The molecule has 0 radical (unpaired) electrons. The standard InChI is InChI=1S/C20H29N3O3.ClH/c1-26-15-20(7-9-21-10-8-20)14-22-19(25)17-11-18(24)23(13-17)12-16-5-3-2-4-6-16;/h2-6,17,21H,7-15H2,1H3,(H,22,25);1H. The molecule has 2 fully saturated rings. The summed E-state index contributed by atoms with van der Waals surface area (Å²) in [4.78, 5) is 26.7. The van der Waals surface area contributed by atoms with Crippen molar-refractivity contribution in [2.45, 2.75) is 25.8 Å². The number of hydrogen-bond donors (Lipinski definition) is 2. The maximum absolute atomic E-state index is 12.6. The molecule has 2 aliphatic rings. The van der Waals surface area contributed by atoms with Gasteiger partial charge in [0, 0.05) is 38.6 Å². The zero-order valence-electron chi connectivity index (χ0n) is 15.9. The number of carbonyl (C=O) groups is 2. The Morgan fingerprint density at radius 2 is 2.00 bits per heavy atom. The maximum Gasteiger partial charge on any atom is 0.225 e. The number of nitrogens with zero attached hydrogens (tertiary/aromatic N) is 1. The minimum atomic E-state index is -0.257. The molecule has 1 aromatic carbocycles. The minimum absolute atomic E-state index is 0. The van der Waals surface area contributed by atoms with E-state index >= 15 is 0 Å². The smallest absolute Gasteiger partial charge is 0.225 e. The normalized spacial score (nSPS) is 21.6. The second-order valence-corrected chi connectivity index (χ2v) is 7.56. The number of hydrogen-bond acceptors (Lipinski definition) is 4. The number of halogens is 1. The van der Waals surface area contributed by atoms with E-state index in [2.05, 4.69) is 10.6 Å². The van der Waals surface area contributed by atoms with Crippen LogP contribution in [0.4, 0.5) is 0 Å². The molecule has 6 nitrogen and oxygen atoms in total. The van der Waals surface area contributed by atoms with Crippen LogP contribution in [-0.2, 0) is 20.9 Å². The summed E-state index contributed by atoms with van der Waals surface area (Å²) in [6, 6.07) is 9.91. The van der Waals surface area contributed by atoms with Crippen LogP contribution in [0.15, 0.2) is 30.3 Å². The fourth-order valence-electron chi connectivity index (χ4n) is 3.96. The van der Waals surface area contributed by atoms with Gasteiger partial charge in [-0.1, -0.05) is 30.3 Å². The highest BCUT2D eigenvalue weighted by Crippen LogP contribution is 2.29. The van der Waals surface area contributed by atoms with Gasteiger partial charge in [-0.25, -0.2) is 0 Å². The van der Waals surface area contributed by atoms with Gasteiger partial charge in [-0.05, 0) is 31.5 Å². The van der Waals surface area contributed by atoms with Crippen molar-refractivity contribution in [2.24, 2.45) is 11.3 Å². The largest absolute Gasteiger partial charge is 0.384 e. The number of methoxy groups -OCH3 is 1. The van der Waals surface area contributed by atoms with Crippen molar-refractivity contribution in [3.8, 4) is 0 Å². The summed E-state index contributed by atoms with van der Waals surface area (Å²) in [5.74, 6) is -0.210. The molecule has 1 aromatic rings. The molecule has 2 saturated heterocycles. The van der Waals surface area contributed by atoms with Crippen molar-refractivity contribution < 1.29 is 14.3 Å². The summed E-state index contributed by atoms with van der Waals surface area (Å²) in [5.41, 5.74) is 1.10. The number of rotatable bonds is 7. The number of amides is 2. The lowest BCUT2D eigenvalue weighted by Crippen LogP contribution is -2.48. The Morgan fingerprint density at radius 3 is 2.67 bits per heavy atom. The molecule has 1 unspecified atom stereocenters. The van der Waals surface area contributed by atoms with E-state index in [1.54, 1.807) is 12.0 Å². The summed E-state index contributed by atoms with van der Waals surface area (Å²) in [5, 5.41) is 6.46. The molecule has 0 saturated carbocycles. The number of benzene rings is 1. The first-order valence-corrected chi connectivity index (χ1v) is 9.41. The van der Waals surface area contributed by atoms with Gasteiger partial charge in [-0.2, -0.15) is 0 Å². The molecular formula is C20H30ClN3O3. The monoisotopic (exact) mass is 395 g/mol. The quantitative estimate of drug-likeness (QED) is 0.735. The zero-order chi connectivity index (χ0) is 18.4. The van der Waals surface area contributed by atoms with E-state index in [4.69, 9.17) is 4.74 Å². The number of nitrogens with one attached hydrogen (secondary N) is 2. The molecule has 27 heavy (non-hydrogen) atoms. The van der Waals surface area contributed by atoms with E-state index in [1.165, 1.54) is 0 Å². The number of ether oxygens (including phenoxy) is 1. The van der Waals surface area contributed by atoms with Crippen molar-refractivity contribution in [3.63, 3.8) is 0 Å². The van der Waals surface area contributed by atoms with Gasteiger partial charge in [-0.15, -0.1) is 12.4 Å². The van der Waals surface area contributed by atoms with Crippen LogP contribution < -0.4 is 10.6 Å². The van der Waals surface area contributed by atoms with Crippen LogP contribution in [0.5, 0.6) is 0 Å². The van der Waals surface area contributed by atoms with E-state index in [1.807, 2.05) is 30.3 Å². The van der Waals surface area contributed by atoms with E-state index in [-0.39, 0.29) is 35.6 Å². The third-order valence-corrected chi connectivity index (χ3v) is 5.55. The molecule has 2 aliphatic heterocycles. The second-order valence-electron chi connectivity index (χ2n) is 7.56. The van der Waals surface area contributed by atoms with E-state index in [0.29, 0.717) is 32.7 Å². The SMILES string of the molecule is COCC1(CNC(=O)C2CC(=O)N(Cc3ccccc3)C2)CCNCC1.Cl. The molecule has 2 N–H and O–H groups in total. The highest BCUT2D eigenvalue weighted by molar-refractivity contribution is 5.89. The van der Waals surface area contributed by atoms with Crippen molar-refractivity contribution in [2.75, 3.05) is 39.9 Å². The molecule has 150 valence electrons. The summed E-state index contributed by atoms with van der Waals surface area (Å²) in [6.07, 6.45) is 2.28. The second kappa shape index (κ2) is 10.1. The molecule has 3 rings (SSSR count). The molecule has 0 aliphatic carbocycles. The summed E-state index contributed by atoms with van der Waals surface area (Å²) >= 11 is 0. The van der Waals surface area contributed by atoms with Crippen LogP contribution in [0.25, 0.3) is 0 Å². The Morgan fingerprint density at radius 1 is 1.30 bits per heavy atom. The third kappa shape index (κ3) is 5.67. The lowest BCUT2D eigenvalue weighted by Gasteiger charge is -2.37.